The minimum atomic E-state index is 0.284. The Kier molecular flexibility index (Phi) is 3.63. The van der Waals surface area contributed by atoms with Crippen molar-refractivity contribution in [2.45, 2.75) is 39.2 Å². The fourth-order valence-electron chi connectivity index (χ4n) is 3.62. The maximum absolute atomic E-state index is 6.48. The molecule has 0 radical (unpaired) electrons. The molecule has 1 aliphatic carbocycles. The van der Waals surface area contributed by atoms with Crippen molar-refractivity contribution in [2.75, 3.05) is 24.6 Å². The first-order chi connectivity index (χ1) is 9.58. The summed E-state index contributed by atoms with van der Waals surface area (Å²) < 4.78 is 5.84. The van der Waals surface area contributed by atoms with Gasteiger partial charge in [0, 0.05) is 19.1 Å². The number of benzene rings is 1. The van der Waals surface area contributed by atoms with Crippen molar-refractivity contribution in [3.63, 3.8) is 0 Å². The second kappa shape index (κ2) is 5.28. The lowest BCUT2D eigenvalue weighted by atomic mass is 9.85. The highest BCUT2D eigenvalue weighted by molar-refractivity contribution is 5.59. The number of hydrogen-bond acceptors (Lipinski definition) is 3. The van der Waals surface area contributed by atoms with Gasteiger partial charge >= 0.3 is 0 Å². The lowest BCUT2D eigenvalue weighted by Gasteiger charge is -2.32. The zero-order valence-electron chi connectivity index (χ0n) is 12.6. The fourth-order valence-corrected chi connectivity index (χ4v) is 3.62. The molecule has 3 rings (SSSR count). The molecule has 2 aliphatic rings. The van der Waals surface area contributed by atoms with Crippen LogP contribution in [0, 0.1) is 11.3 Å². The van der Waals surface area contributed by atoms with Crippen LogP contribution in [0.25, 0.3) is 0 Å². The van der Waals surface area contributed by atoms with E-state index in [9.17, 15) is 0 Å². The van der Waals surface area contributed by atoms with E-state index in [2.05, 4.69) is 36.9 Å². The van der Waals surface area contributed by atoms with Gasteiger partial charge in [0.1, 0.15) is 5.75 Å². The summed E-state index contributed by atoms with van der Waals surface area (Å²) in [5, 5.41) is 0. The molecule has 2 N–H and O–H groups in total. The predicted octanol–water partition coefficient (Wildman–Crippen LogP) is 3.04. The van der Waals surface area contributed by atoms with Crippen LogP contribution in [-0.4, -0.2) is 25.7 Å². The molecule has 1 aromatic rings. The minimum absolute atomic E-state index is 0.284. The van der Waals surface area contributed by atoms with Gasteiger partial charge in [0.05, 0.1) is 12.3 Å². The SMILES string of the molecule is CC1(C)CCC(CN2CCCOc3ccccc32)C1N. The summed E-state index contributed by atoms with van der Waals surface area (Å²) >= 11 is 0. The Morgan fingerprint density at radius 3 is 2.90 bits per heavy atom. The molecule has 110 valence electrons. The largest absolute Gasteiger partial charge is 0.491 e. The van der Waals surface area contributed by atoms with Crippen LogP contribution in [0.1, 0.15) is 33.1 Å². The highest BCUT2D eigenvalue weighted by Crippen LogP contribution is 2.41. The standard InChI is InChI=1S/C17H26N2O/c1-17(2)9-8-13(16(17)18)12-19-10-5-11-20-15-7-4-3-6-14(15)19/h3-4,6-7,13,16H,5,8-12,18H2,1-2H3. The maximum atomic E-state index is 6.48. The normalized spacial score (nSPS) is 28.6. The molecule has 1 fully saturated rings. The number of ether oxygens (including phenoxy) is 1. The molecule has 20 heavy (non-hydrogen) atoms. The van der Waals surface area contributed by atoms with Gasteiger partial charge in [-0.05, 0) is 42.7 Å². The summed E-state index contributed by atoms with van der Waals surface area (Å²) in [7, 11) is 0. The van der Waals surface area contributed by atoms with E-state index in [0.717, 1.165) is 31.9 Å². The zero-order chi connectivity index (χ0) is 14.2. The highest BCUT2D eigenvalue weighted by Gasteiger charge is 2.40. The monoisotopic (exact) mass is 274 g/mol. The predicted molar refractivity (Wildman–Crippen MR) is 83.2 cm³/mol. The number of hydrogen-bond donors (Lipinski definition) is 1. The molecule has 3 nitrogen and oxygen atoms in total. The summed E-state index contributed by atoms with van der Waals surface area (Å²) in [6.07, 6.45) is 3.57. The summed E-state index contributed by atoms with van der Waals surface area (Å²) in [6, 6.07) is 8.70. The molecule has 0 saturated heterocycles. The van der Waals surface area contributed by atoms with E-state index in [1.54, 1.807) is 0 Å². The van der Waals surface area contributed by atoms with Crippen LogP contribution in [0.4, 0.5) is 5.69 Å². The highest BCUT2D eigenvalue weighted by atomic mass is 16.5. The third-order valence-corrected chi connectivity index (χ3v) is 5.06. The molecule has 2 atom stereocenters. The van der Waals surface area contributed by atoms with Gasteiger partial charge in [-0.2, -0.15) is 0 Å². The average molecular weight is 274 g/mol. The number of anilines is 1. The van der Waals surface area contributed by atoms with Gasteiger partial charge in [-0.25, -0.2) is 0 Å². The van der Waals surface area contributed by atoms with Crippen LogP contribution in [-0.2, 0) is 0 Å². The molecule has 3 heteroatoms. The van der Waals surface area contributed by atoms with Crippen molar-refractivity contribution in [1.82, 2.24) is 0 Å². The second-order valence-electron chi connectivity index (χ2n) is 6.93. The Hall–Kier alpha value is -1.22. The third-order valence-electron chi connectivity index (χ3n) is 5.06. The van der Waals surface area contributed by atoms with Crippen molar-refractivity contribution < 1.29 is 4.74 Å². The number of rotatable bonds is 2. The molecular weight excluding hydrogens is 248 g/mol. The fraction of sp³-hybridized carbons (Fsp3) is 0.647. The molecule has 1 aromatic carbocycles. The average Bonchev–Trinajstić information content (AvgIpc) is 2.63. The van der Waals surface area contributed by atoms with Gasteiger partial charge < -0.3 is 15.4 Å². The van der Waals surface area contributed by atoms with Crippen molar-refractivity contribution in [3.8, 4) is 5.75 Å². The van der Waals surface area contributed by atoms with Gasteiger partial charge in [0.25, 0.3) is 0 Å². The van der Waals surface area contributed by atoms with Gasteiger partial charge in [-0.3, -0.25) is 0 Å². The van der Waals surface area contributed by atoms with Crippen molar-refractivity contribution in [1.29, 1.82) is 0 Å². The molecule has 1 aliphatic heterocycles. The Balaban J connectivity index is 1.78. The first-order valence-electron chi connectivity index (χ1n) is 7.80. The van der Waals surface area contributed by atoms with Gasteiger partial charge in [-0.15, -0.1) is 0 Å². The van der Waals surface area contributed by atoms with Crippen LogP contribution in [0.5, 0.6) is 5.75 Å². The van der Waals surface area contributed by atoms with Gasteiger partial charge in [0.2, 0.25) is 0 Å². The number of nitrogens with zero attached hydrogens (tertiary/aromatic N) is 1. The first kappa shape index (κ1) is 13.7. The number of para-hydroxylation sites is 2. The van der Waals surface area contributed by atoms with Gasteiger partial charge in [-0.1, -0.05) is 26.0 Å². The molecule has 1 heterocycles. The van der Waals surface area contributed by atoms with Crippen LogP contribution in [0.2, 0.25) is 0 Å². The second-order valence-corrected chi connectivity index (χ2v) is 6.93. The van der Waals surface area contributed by atoms with Crippen LogP contribution in [0.3, 0.4) is 0 Å². The lowest BCUT2D eigenvalue weighted by Crippen LogP contribution is -2.42. The van der Waals surface area contributed by atoms with E-state index in [0.29, 0.717) is 12.0 Å². The molecular formula is C17H26N2O. The quantitative estimate of drug-likeness (QED) is 0.901. The van der Waals surface area contributed by atoms with E-state index >= 15 is 0 Å². The van der Waals surface area contributed by atoms with E-state index < -0.39 is 0 Å². The molecule has 1 saturated carbocycles. The molecule has 2 unspecified atom stereocenters. The Labute approximate surface area is 122 Å². The minimum Gasteiger partial charge on any atom is -0.491 e. The van der Waals surface area contributed by atoms with Crippen LogP contribution in [0.15, 0.2) is 24.3 Å². The zero-order valence-corrected chi connectivity index (χ0v) is 12.6. The topological polar surface area (TPSA) is 38.5 Å². The third kappa shape index (κ3) is 2.51. The summed E-state index contributed by atoms with van der Waals surface area (Å²) in [4.78, 5) is 2.48. The van der Waals surface area contributed by atoms with Crippen molar-refractivity contribution >= 4 is 5.69 Å². The Morgan fingerprint density at radius 2 is 2.15 bits per heavy atom. The molecule has 0 spiro atoms. The van der Waals surface area contributed by atoms with Crippen molar-refractivity contribution in [3.05, 3.63) is 24.3 Å². The smallest absolute Gasteiger partial charge is 0.142 e. The van der Waals surface area contributed by atoms with E-state index in [-0.39, 0.29) is 5.41 Å². The Bertz CT molecular complexity index is 472. The maximum Gasteiger partial charge on any atom is 0.142 e. The molecule has 0 amide bonds. The molecule has 0 aromatic heterocycles. The van der Waals surface area contributed by atoms with E-state index in [1.807, 2.05) is 6.07 Å². The van der Waals surface area contributed by atoms with Crippen molar-refractivity contribution in [2.24, 2.45) is 17.1 Å². The van der Waals surface area contributed by atoms with E-state index in [1.165, 1.54) is 18.5 Å². The number of nitrogens with two attached hydrogens (primary N) is 1. The Morgan fingerprint density at radius 1 is 1.35 bits per heavy atom. The van der Waals surface area contributed by atoms with Gasteiger partial charge in [0.15, 0.2) is 0 Å². The number of fused-ring (bicyclic) bond motifs is 1. The molecule has 0 bridgehead atoms. The lowest BCUT2D eigenvalue weighted by molar-refractivity contribution is 0.300. The van der Waals surface area contributed by atoms with Crippen LogP contribution >= 0.6 is 0 Å². The summed E-state index contributed by atoms with van der Waals surface area (Å²) in [5.74, 6) is 1.62. The summed E-state index contributed by atoms with van der Waals surface area (Å²) in [6.45, 7) is 7.55. The van der Waals surface area contributed by atoms with Crippen LogP contribution < -0.4 is 15.4 Å². The first-order valence-corrected chi connectivity index (χ1v) is 7.80. The summed E-state index contributed by atoms with van der Waals surface area (Å²) in [5.41, 5.74) is 8.00. The van der Waals surface area contributed by atoms with E-state index in [4.69, 9.17) is 10.5 Å².